The van der Waals surface area contributed by atoms with E-state index in [1.807, 2.05) is 10.6 Å². The summed E-state index contributed by atoms with van der Waals surface area (Å²) < 4.78 is 8.23. The van der Waals surface area contributed by atoms with Crippen molar-refractivity contribution in [3.05, 3.63) is 34.2 Å². The van der Waals surface area contributed by atoms with Crippen LogP contribution in [0.4, 0.5) is 0 Å². The number of aromatic amines is 1. The van der Waals surface area contributed by atoms with Crippen LogP contribution in [0.15, 0.2) is 23.0 Å². The Bertz CT molecular complexity index is 881. The van der Waals surface area contributed by atoms with Gasteiger partial charge in [0.05, 0.1) is 16.6 Å². The van der Waals surface area contributed by atoms with Gasteiger partial charge in [0, 0.05) is 31.8 Å². The van der Waals surface area contributed by atoms with E-state index < -0.39 is 0 Å². The van der Waals surface area contributed by atoms with Crippen LogP contribution in [0.3, 0.4) is 0 Å². The predicted molar refractivity (Wildman–Crippen MR) is 119 cm³/mol. The molecule has 6 heteroatoms. The molecule has 5 rings (SSSR count). The maximum Gasteiger partial charge on any atom is 0.326 e. The van der Waals surface area contributed by atoms with Gasteiger partial charge in [-0.05, 0) is 82.4 Å². The minimum Gasteiger partial charge on any atom is -0.375 e. The second-order valence-electron chi connectivity index (χ2n) is 9.31. The molecule has 2 aliphatic heterocycles. The average Bonchev–Trinajstić information content (AvgIpc) is 3.04. The number of rotatable bonds is 2. The zero-order chi connectivity index (χ0) is 19.1. The fraction of sp³-hybridized carbons (Fsp3) is 0.696. The fourth-order valence-corrected chi connectivity index (χ4v) is 5.90. The number of likely N-dealkylation sites (tertiary alicyclic amines) is 1. The Morgan fingerprint density at radius 2 is 1.79 bits per heavy atom. The Balaban J connectivity index is 0.00000205. The molecule has 3 aliphatic rings. The van der Waals surface area contributed by atoms with Gasteiger partial charge in [0.25, 0.3) is 0 Å². The highest BCUT2D eigenvalue weighted by molar-refractivity contribution is 5.85. The van der Waals surface area contributed by atoms with E-state index in [4.69, 9.17) is 4.74 Å². The van der Waals surface area contributed by atoms with Gasteiger partial charge >= 0.3 is 5.69 Å². The lowest BCUT2D eigenvalue weighted by atomic mass is 9.77. The van der Waals surface area contributed by atoms with Crippen molar-refractivity contribution in [3.63, 3.8) is 0 Å². The number of fused-ring (bicyclic) bond motifs is 1. The molecule has 29 heavy (non-hydrogen) atoms. The van der Waals surface area contributed by atoms with E-state index in [0.717, 1.165) is 43.6 Å². The smallest absolute Gasteiger partial charge is 0.326 e. The van der Waals surface area contributed by atoms with E-state index in [1.54, 1.807) is 0 Å². The molecular formula is C23H34ClN3O2. The first-order chi connectivity index (χ1) is 13.6. The van der Waals surface area contributed by atoms with Crippen LogP contribution < -0.4 is 5.69 Å². The summed E-state index contributed by atoms with van der Waals surface area (Å²) in [7, 11) is 0. The van der Waals surface area contributed by atoms with E-state index in [0.29, 0.717) is 12.1 Å². The SMILES string of the molecule is Cc1ccc2[nH]c(=O)n(C3CCN([C@H]4CC[C@@]5(CCCCO5)CC4)CC3)c2c1.Cl. The normalized spacial score (nSPS) is 29.2. The Labute approximate surface area is 179 Å². The Morgan fingerprint density at radius 1 is 1.03 bits per heavy atom. The third kappa shape index (κ3) is 4.01. The lowest BCUT2D eigenvalue weighted by Crippen LogP contribution is -2.48. The molecule has 0 amide bonds. The summed E-state index contributed by atoms with van der Waals surface area (Å²) in [5.74, 6) is 0. The number of ether oxygens (including phenoxy) is 1. The van der Waals surface area contributed by atoms with Gasteiger partial charge in [-0.25, -0.2) is 4.79 Å². The van der Waals surface area contributed by atoms with Crippen molar-refractivity contribution < 1.29 is 4.74 Å². The number of hydrogen-bond acceptors (Lipinski definition) is 3. The van der Waals surface area contributed by atoms with Gasteiger partial charge in [-0.2, -0.15) is 0 Å². The molecule has 0 radical (unpaired) electrons. The van der Waals surface area contributed by atoms with Crippen LogP contribution in [-0.2, 0) is 4.74 Å². The number of hydrogen-bond donors (Lipinski definition) is 1. The molecule has 0 unspecified atom stereocenters. The van der Waals surface area contributed by atoms with Gasteiger partial charge < -0.3 is 14.6 Å². The minimum absolute atomic E-state index is 0. The monoisotopic (exact) mass is 419 g/mol. The summed E-state index contributed by atoms with van der Waals surface area (Å²) in [5.41, 5.74) is 3.50. The minimum atomic E-state index is 0. The quantitative estimate of drug-likeness (QED) is 0.775. The first-order valence-corrected chi connectivity index (χ1v) is 11.2. The first kappa shape index (κ1) is 21.0. The van der Waals surface area contributed by atoms with Crippen LogP contribution in [-0.4, -0.2) is 45.8 Å². The lowest BCUT2D eigenvalue weighted by molar-refractivity contribution is -0.110. The molecule has 3 heterocycles. The number of nitrogens with zero attached hydrogens (tertiary/aromatic N) is 2. The van der Waals surface area contributed by atoms with Crippen molar-refractivity contribution in [1.29, 1.82) is 0 Å². The number of benzene rings is 1. The molecule has 1 spiro atoms. The zero-order valence-electron chi connectivity index (χ0n) is 17.5. The predicted octanol–water partition coefficient (Wildman–Crippen LogP) is 4.58. The van der Waals surface area contributed by atoms with Gasteiger partial charge in [-0.15, -0.1) is 12.4 Å². The third-order valence-electron chi connectivity index (χ3n) is 7.56. The number of halogens is 1. The highest BCUT2D eigenvalue weighted by atomic mass is 35.5. The van der Waals surface area contributed by atoms with Crippen molar-refractivity contribution in [1.82, 2.24) is 14.5 Å². The van der Waals surface area contributed by atoms with Crippen molar-refractivity contribution in [3.8, 4) is 0 Å². The molecule has 0 bridgehead atoms. The molecular weight excluding hydrogens is 386 g/mol. The first-order valence-electron chi connectivity index (χ1n) is 11.2. The number of imidazole rings is 1. The lowest BCUT2D eigenvalue weighted by Gasteiger charge is -2.46. The molecule has 5 nitrogen and oxygen atoms in total. The molecule has 160 valence electrons. The van der Waals surface area contributed by atoms with Crippen LogP contribution in [0.2, 0.25) is 0 Å². The number of piperidine rings is 1. The summed E-state index contributed by atoms with van der Waals surface area (Å²) in [4.78, 5) is 18.3. The van der Waals surface area contributed by atoms with Crippen LogP contribution >= 0.6 is 12.4 Å². The Hall–Kier alpha value is -1.30. The molecule has 1 aromatic heterocycles. The summed E-state index contributed by atoms with van der Waals surface area (Å²) in [5, 5.41) is 0. The van der Waals surface area contributed by atoms with E-state index in [1.165, 1.54) is 50.5 Å². The number of aromatic nitrogens is 2. The standard InChI is InChI=1S/C23H33N3O2.ClH/c1-17-4-5-20-21(16-17)26(22(27)24-20)19-8-13-25(14-9-19)18-6-11-23(12-7-18)10-2-3-15-28-23;/h4-5,16,18-19H,2-3,6-15H2,1H3,(H,24,27);1H/t18-,23-;. The number of H-pyrrole nitrogens is 1. The molecule has 1 aromatic carbocycles. The van der Waals surface area contributed by atoms with E-state index in [-0.39, 0.29) is 23.7 Å². The molecule has 0 atom stereocenters. The Kier molecular flexibility index (Phi) is 6.10. The highest BCUT2D eigenvalue weighted by Gasteiger charge is 2.39. The zero-order valence-corrected chi connectivity index (χ0v) is 18.3. The number of nitrogens with one attached hydrogen (secondary N) is 1. The van der Waals surface area contributed by atoms with Gasteiger partial charge in [-0.3, -0.25) is 4.57 Å². The molecule has 2 saturated heterocycles. The average molecular weight is 420 g/mol. The second-order valence-corrected chi connectivity index (χ2v) is 9.31. The maximum absolute atomic E-state index is 12.6. The largest absolute Gasteiger partial charge is 0.375 e. The summed E-state index contributed by atoms with van der Waals surface area (Å²) in [6, 6.07) is 7.26. The molecule has 3 fully saturated rings. The van der Waals surface area contributed by atoms with E-state index >= 15 is 0 Å². The number of aryl methyl sites for hydroxylation is 1. The van der Waals surface area contributed by atoms with Gasteiger partial charge in [0.15, 0.2) is 0 Å². The van der Waals surface area contributed by atoms with E-state index in [2.05, 4.69) is 28.9 Å². The second kappa shape index (κ2) is 8.44. The summed E-state index contributed by atoms with van der Waals surface area (Å²) in [6.07, 6.45) is 11.0. The molecule has 1 saturated carbocycles. The van der Waals surface area contributed by atoms with Crippen molar-refractivity contribution in [2.45, 2.75) is 82.4 Å². The van der Waals surface area contributed by atoms with Crippen molar-refractivity contribution >= 4 is 23.4 Å². The topological polar surface area (TPSA) is 50.3 Å². The third-order valence-corrected chi connectivity index (χ3v) is 7.56. The van der Waals surface area contributed by atoms with Gasteiger partial charge in [-0.1, -0.05) is 6.07 Å². The van der Waals surface area contributed by atoms with Gasteiger partial charge in [0.2, 0.25) is 0 Å². The van der Waals surface area contributed by atoms with Gasteiger partial charge in [0.1, 0.15) is 0 Å². The van der Waals surface area contributed by atoms with E-state index in [9.17, 15) is 4.79 Å². The van der Waals surface area contributed by atoms with Crippen LogP contribution in [0, 0.1) is 6.92 Å². The summed E-state index contributed by atoms with van der Waals surface area (Å²) >= 11 is 0. The Morgan fingerprint density at radius 3 is 2.48 bits per heavy atom. The summed E-state index contributed by atoms with van der Waals surface area (Å²) in [6.45, 7) is 5.27. The van der Waals surface area contributed by atoms with Crippen LogP contribution in [0.1, 0.15) is 69.4 Å². The molecule has 1 aliphatic carbocycles. The molecule has 2 aromatic rings. The highest BCUT2D eigenvalue weighted by Crippen LogP contribution is 2.40. The fourth-order valence-electron chi connectivity index (χ4n) is 5.90. The molecule has 1 N–H and O–H groups in total. The van der Waals surface area contributed by atoms with Crippen molar-refractivity contribution in [2.75, 3.05) is 19.7 Å². The van der Waals surface area contributed by atoms with Crippen molar-refractivity contribution in [2.24, 2.45) is 0 Å². The van der Waals surface area contributed by atoms with Crippen LogP contribution in [0.5, 0.6) is 0 Å². The maximum atomic E-state index is 12.6. The van der Waals surface area contributed by atoms with Crippen LogP contribution in [0.25, 0.3) is 11.0 Å².